The topological polar surface area (TPSA) is 58.2 Å². The molecule has 2 aromatic rings. The molecule has 0 fully saturated rings. The molecule has 0 aromatic heterocycles. The van der Waals surface area contributed by atoms with E-state index in [9.17, 15) is 14.0 Å². The van der Waals surface area contributed by atoms with Gasteiger partial charge in [-0.3, -0.25) is 4.79 Å². The Morgan fingerprint density at radius 2 is 1.81 bits per heavy atom. The van der Waals surface area contributed by atoms with E-state index in [0.29, 0.717) is 11.3 Å². The number of amides is 2. The predicted molar refractivity (Wildman–Crippen MR) is 80.2 cm³/mol. The van der Waals surface area contributed by atoms with Crippen LogP contribution >= 0.6 is 0 Å². The molecular weight excluding hydrogens is 271 g/mol. The molecule has 108 valence electrons. The molecule has 0 radical (unpaired) electrons. The Bertz CT molecular complexity index is 698. The number of carbonyl (C=O) groups is 2. The average Bonchev–Trinajstić information content (AvgIpc) is 2.42. The third kappa shape index (κ3) is 3.89. The number of nitrogens with one attached hydrogen (secondary N) is 2. The van der Waals surface area contributed by atoms with E-state index in [0.717, 1.165) is 5.56 Å². The van der Waals surface area contributed by atoms with Crippen LogP contribution in [0.25, 0.3) is 0 Å². The van der Waals surface area contributed by atoms with E-state index in [1.165, 1.54) is 19.1 Å². The van der Waals surface area contributed by atoms with Crippen molar-refractivity contribution in [3.05, 3.63) is 59.4 Å². The fraction of sp³-hybridized carbons (Fsp3) is 0.125. The number of urea groups is 1. The third-order valence-corrected chi connectivity index (χ3v) is 2.90. The van der Waals surface area contributed by atoms with Crippen molar-refractivity contribution in [1.82, 2.24) is 0 Å². The van der Waals surface area contributed by atoms with Crippen molar-refractivity contribution in [1.29, 1.82) is 0 Å². The van der Waals surface area contributed by atoms with E-state index in [4.69, 9.17) is 0 Å². The smallest absolute Gasteiger partial charge is 0.308 e. The van der Waals surface area contributed by atoms with Gasteiger partial charge in [-0.2, -0.15) is 0 Å². The predicted octanol–water partition coefficient (Wildman–Crippen LogP) is 3.98. The van der Waals surface area contributed by atoms with Crippen LogP contribution < -0.4 is 10.6 Å². The number of aryl methyl sites for hydroxylation is 1. The molecule has 2 amide bonds. The highest BCUT2D eigenvalue weighted by molar-refractivity contribution is 6.01. The van der Waals surface area contributed by atoms with Crippen molar-refractivity contribution >= 4 is 23.2 Å². The molecule has 0 bridgehead atoms. The summed E-state index contributed by atoms with van der Waals surface area (Å²) in [5, 5.41) is 4.98. The molecule has 0 aliphatic carbocycles. The van der Waals surface area contributed by atoms with Crippen molar-refractivity contribution in [2.24, 2.45) is 0 Å². The highest BCUT2D eigenvalue weighted by atomic mass is 19.1. The molecular formula is C16H15FN2O2. The van der Waals surface area contributed by atoms with Crippen molar-refractivity contribution in [2.45, 2.75) is 13.8 Å². The van der Waals surface area contributed by atoms with E-state index in [1.807, 2.05) is 0 Å². The van der Waals surface area contributed by atoms with Crippen LogP contribution in [0.5, 0.6) is 0 Å². The van der Waals surface area contributed by atoms with Crippen molar-refractivity contribution in [3.63, 3.8) is 0 Å². The molecule has 0 heterocycles. The van der Waals surface area contributed by atoms with E-state index >= 15 is 0 Å². The number of benzene rings is 2. The van der Waals surface area contributed by atoms with E-state index in [-0.39, 0.29) is 11.5 Å². The summed E-state index contributed by atoms with van der Waals surface area (Å²) in [5.41, 5.74) is 1.83. The second-order valence-electron chi connectivity index (χ2n) is 4.70. The molecule has 4 nitrogen and oxygen atoms in total. The Hall–Kier alpha value is -2.69. The average molecular weight is 286 g/mol. The number of carbonyl (C=O) groups excluding carboxylic acids is 2. The molecule has 21 heavy (non-hydrogen) atoms. The first kappa shape index (κ1) is 14.7. The van der Waals surface area contributed by atoms with E-state index < -0.39 is 11.8 Å². The Balaban J connectivity index is 2.08. The fourth-order valence-electron chi connectivity index (χ4n) is 1.82. The first-order valence-corrected chi connectivity index (χ1v) is 6.41. The van der Waals surface area contributed by atoms with Crippen LogP contribution in [-0.2, 0) is 0 Å². The van der Waals surface area contributed by atoms with Crippen LogP contribution in [0, 0.1) is 12.7 Å². The zero-order chi connectivity index (χ0) is 15.4. The van der Waals surface area contributed by atoms with Gasteiger partial charge in [0.15, 0.2) is 5.78 Å². The number of ketones is 1. The largest absolute Gasteiger partial charge is 0.323 e. The standard InChI is InChI=1S/C16H15FN2O2/c1-10-6-7-15(14(17)8-10)19-16(21)18-13-5-3-4-12(9-13)11(2)20/h3-9H,1-2H3,(H2,18,19,21). The molecule has 5 heteroatoms. The first-order valence-electron chi connectivity index (χ1n) is 6.41. The van der Waals surface area contributed by atoms with Gasteiger partial charge in [-0.25, -0.2) is 9.18 Å². The van der Waals surface area contributed by atoms with Gasteiger partial charge in [0, 0.05) is 11.3 Å². The van der Waals surface area contributed by atoms with Crippen LogP contribution in [-0.4, -0.2) is 11.8 Å². The van der Waals surface area contributed by atoms with Gasteiger partial charge < -0.3 is 10.6 Å². The zero-order valence-corrected chi connectivity index (χ0v) is 11.7. The normalized spacial score (nSPS) is 10.0. The quantitative estimate of drug-likeness (QED) is 0.838. The van der Waals surface area contributed by atoms with Gasteiger partial charge in [-0.15, -0.1) is 0 Å². The van der Waals surface area contributed by atoms with Gasteiger partial charge in [-0.1, -0.05) is 18.2 Å². The molecule has 2 aromatic carbocycles. The number of anilines is 2. The van der Waals surface area contributed by atoms with Gasteiger partial charge in [0.2, 0.25) is 0 Å². The molecule has 2 N–H and O–H groups in total. The SMILES string of the molecule is CC(=O)c1cccc(NC(=O)Nc2ccc(C)cc2F)c1. The molecule has 0 saturated carbocycles. The number of Topliss-reactive ketones (excluding diaryl/α,β-unsaturated/α-hetero) is 1. The molecule has 0 spiro atoms. The number of rotatable bonds is 3. The summed E-state index contributed by atoms with van der Waals surface area (Å²) >= 11 is 0. The minimum absolute atomic E-state index is 0.0939. The second-order valence-corrected chi connectivity index (χ2v) is 4.70. The summed E-state index contributed by atoms with van der Waals surface area (Å²) in [7, 11) is 0. The molecule has 0 aliphatic rings. The van der Waals surface area contributed by atoms with Crippen molar-refractivity contribution in [2.75, 3.05) is 10.6 Å². The number of halogens is 1. The van der Waals surface area contributed by atoms with E-state index in [2.05, 4.69) is 10.6 Å². The number of hydrogen-bond donors (Lipinski definition) is 2. The molecule has 0 unspecified atom stereocenters. The summed E-state index contributed by atoms with van der Waals surface area (Å²) in [6.07, 6.45) is 0. The maximum Gasteiger partial charge on any atom is 0.323 e. The first-order chi connectivity index (χ1) is 9.95. The Kier molecular flexibility index (Phi) is 4.33. The van der Waals surface area contributed by atoms with E-state index in [1.54, 1.807) is 37.3 Å². The summed E-state index contributed by atoms with van der Waals surface area (Å²) in [5.74, 6) is -0.591. The zero-order valence-electron chi connectivity index (χ0n) is 11.7. The van der Waals surface area contributed by atoms with Gasteiger partial charge in [0.05, 0.1) is 5.69 Å². The lowest BCUT2D eigenvalue weighted by atomic mass is 10.1. The Labute approximate surface area is 122 Å². The summed E-state index contributed by atoms with van der Waals surface area (Å²) in [6, 6.07) is 10.5. The lowest BCUT2D eigenvalue weighted by molar-refractivity contribution is 0.101. The highest BCUT2D eigenvalue weighted by Crippen LogP contribution is 2.16. The maximum atomic E-state index is 13.6. The lowest BCUT2D eigenvalue weighted by Crippen LogP contribution is -2.20. The monoisotopic (exact) mass is 286 g/mol. The molecule has 0 saturated heterocycles. The lowest BCUT2D eigenvalue weighted by Gasteiger charge is -2.09. The van der Waals surface area contributed by atoms with Gasteiger partial charge in [0.25, 0.3) is 0 Å². The van der Waals surface area contributed by atoms with Crippen LogP contribution in [0.15, 0.2) is 42.5 Å². The third-order valence-electron chi connectivity index (χ3n) is 2.90. The van der Waals surface area contributed by atoms with Crippen molar-refractivity contribution < 1.29 is 14.0 Å². The number of hydrogen-bond acceptors (Lipinski definition) is 2. The van der Waals surface area contributed by atoms with Crippen LogP contribution in [0.4, 0.5) is 20.6 Å². The summed E-state index contributed by atoms with van der Waals surface area (Å²) < 4.78 is 13.6. The fourth-order valence-corrected chi connectivity index (χ4v) is 1.82. The van der Waals surface area contributed by atoms with Crippen LogP contribution in [0.2, 0.25) is 0 Å². The summed E-state index contributed by atoms with van der Waals surface area (Å²) in [6.45, 7) is 3.21. The van der Waals surface area contributed by atoms with Crippen LogP contribution in [0.3, 0.4) is 0 Å². The van der Waals surface area contributed by atoms with Gasteiger partial charge in [-0.05, 0) is 43.7 Å². The second kappa shape index (κ2) is 6.17. The maximum absolute atomic E-state index is 13.6. The van der Waals surface area contributed by atoms with Gasteiger partial charge >= 0.3 is 6.03 Å². The highest BCUT2D eigenvalue weighted by Gasteiger charge is 2.08. The minimum Gasteiger partial charge on any atom is -0.308 e. The molecule has 0 aliphatic heterocycles. The van der Waals surface area contributed by atoms with Crippen LogP contribution in [0.1, 0.15) is 22.8 Å². The Morgan fingerprint density at radius 1 is 1.05 bits per heavy atom. The molecule has 2 rings (SSSR count). The summed E-state index contributed by atoms with van der Waals surface area (Å²) in [4.78, 5) is 23.1. The minimum atomic E-state index is -0.571. The van der Waals surface area contributed by atoms with Crippen molar-refractivity contribution in [3.8, 4) is 0 Å². The Morgan fingerprint density at radius 3 is 2.48 bits per heavy atom. The molecule has 0 atom stereocenters. The van der Waals surface area contributed by atoms with Gasteiger partial charge in [0.1, 0.15) is 5.82 Å².